The number of hydrogen-bond acceptors (Lipinski definition) is 8. The topological polar surface area (TPSA) is 135 Å². The highest BCUT2D eigenvalue weighted by Gasteiger charge is 2.43. The van der Waals surface area contributed by atoms with E-state index in [0.717, 1.165) is 5.56 Å². The highest BCUT2D eigenvalue weighted by atomic mass is 16.5. The van der Waals surface area contributed by atoms with Crippen LogP contribution in [0.3, 0.4) is 0 Å². The Morgan fingerprint density at radius 3 is 2.25 bits per heavy atom. The van der Waals surface area contributed by atoms with E-state index in [0.29, 0.717) is 16.9 Å². The van der Waals surface area contributed by atoms with Crippen molar-refractivity contribution < 1.29 is 23.9 Å². The first kappa shape index (κ1) is 26.0. The first-order valence-electron chi connectivity index (χ1n) is 11.2. The zero-order chi connectivity index (χ0) is 26.6. The van der Waals surface area contributed by atoms with Crippen LogP contribution in [0.2, 0.25) is 0 Å². The molecule has 1 aliphatic heterocycles. The molecule has 1 heterocycles. The molecule has 36 heavy (non-hydrogen) atoms. The summed E-state index contributed by atoms with van der Waals surface area (Å²) in [5, 5.41) is 13.0. The SMILES string of the molecule is COC(=O)C1=C(C(=O)OC)N(c2ccc(C)c(NC(=O)C(C)C)c2)C(N)=C(C#N)C1c1ccccc1. The molecular formula is C27H28N4O5. The molecule has 0 bridgehead atoms. The Morgan fingerprint density at radius 1 is 1.06 bits per heavy atom. The molecule has 3 N–H and O–H groups in total. The summed E-state index contributed by atoms with van der Waals surface area (Å²) >= 11 is 0. The number of anilines is 2. The number of nitriles is 1. The van der Waals surface area contributed by atoms with Gasteiger partial charge in [-0.05, 0) is 30.2 Å². The lowest BCUT2D eigenvalue weighted by atomic mass is 9.81. The van der Waals surface area contributed by atoms with Gasteiger partial charge in [-0.25, -0.2) is 9.59 Å². The van der Waals surface area contributed by atoms with Crippen LogP contribution in [-0.4, -0.2) is 32.1 Å². The van der Waals surface area contributed by atoms with Gasteiger partial charge in [0.15, 0.2) is 0 Å². The van der Waals surface area contributed by atoms with Gasteiger partial charge in [0.05, 0.1) is 37.4 Å². The number of carbonyl (C=O) groups excluding carboxylic acids is 3. The molecule has 0 spiro atoms. The quantitative estimate of drug-likeness (QED) is 0.590. The van der Waals surface area contributed by atoms with Crippen molar-refractivity contribution in [2.75, 3.05) is 24.4 Å². The Labute approximate surface area is 209 Å². The molecular weight excluding hydrogens is 460 g/mol. The second kappa shape index (κ2) is 10.8. The fraction of sp³-hybridized carbons (Fsp3) is 0.259. The molecule has 0 saturated heterocycles. The van der Waals surface area contributed by atoms with Gasteiger partial charge in [0.1, 0.15) is 11.5 Å². The highest BCUT2D eigenvalue weighted by Crippen LogP contribution is 2.43. The van der Waals surface area contributed by atoms with Gasteiger partial charge in [-0.1, -0.05) is 50.2 Å². The van der Waals surface area contributed by atoms with E-state index in [1.54, 1.807) is 62.4 Å². The zero-order valence-electron chi connectivity index (χ0n) is 20.8. The number of hydrogen-bond donors (Lipinski definition) is 2. The molecule has 186 valence electrons. The van der Waals surface area contributed by atoms with Gasteiger partial charge >= 0.3 is 11.9 Å². The number of nitrogens with two attached hydrogens (primary N) is 1. The largest absolute Gasteiger partial charge is 0.466 e. The van der Waals surface area contributed by atoms with Crippen molar-refractivity contribution >= 4 is 29.2 Å². The number of carbonyl (C=O) groups is 3. The molecule has 9 nitrogen and oxygen atoms in total. The number of nitrogens with one attached hydrogen (secondary N) is 1. The standard InChI is InChI=1S/C27H28N4O5/c1-15(2)25(32)30-20-13-18(12-11-16(20)3)31-23(27(34)36-5)22(26(33)35-4)21(19(14-28)24(31)29)17-9-7-6-8-10-17/h6-13,15,21H,29H2,1-5H3,(H,30,32). The fourth-order valence-electron chi connectivity index (χ4n) is 3.94. The van der Waals surface area contributed by atoms with Gasteiger partial charge < -0.3 is 20.5 Å². The van der Waals surface area contributed by atoms with Crippen molar-refractivity contribution in [2.45, 2.75) is 26.7 Å². The van der Waals surface area contributed by atoms with E-state index in [9.17, 15) is 19.6 Å². The van der Waals surface area contributed by atoms with Crippen LogP contribution in [0.15, 0.2) is 71.2 Å². The third kappa shape index (κ3) is 4.79. The summed E-state index contributed by atoms with van der Waals surface area (Å²) in [7, 11) is 2.37. The smallest absolute Gasteiger partial charge is 0.355 e. The van der Waals surface area contributed by atoms with E-state index < -0.39 is 17.9 Å². The lowest BCUT2D eigenvalue weighted by Crippen LogP contribution is -2.40. The predicted octanol–water partition coefficient (Wildman–Crippen LogP) is 3.49. The van der Waals surface area contributed by atoms with Crippen LogP contribution < -0.4 is 16.0 Å². The number of allylic oxidation sites excluding steroid dienone is 1. The maximum Gasteiger partial charge on any atom is 0.355 e. The van der Waals surface area contributed by atoms with Crippen LogP contribution in [0.25, 0.3) is 0 Å². The van der Waals surface area contributed by atoms with E-state index in [1.165, 1.54) is 19.1 Å². The third-order valence-corrected chi connectivity index (χ3v) is 5.87. The molecule has 1 atom stereocenters. The van der Waals surface area contributed by atoms with E-state index >= 15 is 0 Å². The second-order valence-electron chi connectivity index (χ2n) is 8.48. The minimum atomic E-state index is -0.959. The van der Waals surface area contributed by atoms with E-state index in [-0.39, 0.29) is 34.5 Å². The number of methoxy groups -OCH3 is 2. The van der Waals surface area contributed by atoms with Gasteiger partial charge in [0.25, 0.3) is 0 Å². The molecule has 0 aliphatic carbocycles. The lowest BCUT2D eigenvalue weighted by molar-refractivity contribution is -0.139. The van der Waals surface area contributed by atoms with E-state index in [2.05, 4.69) is 11.4 Å². The summed E-state index contributed by atoms with van der Waals surface area (Å²) in [6.07, 6.45) is 0. The molecule has 0 aromatic heterocycles. The number of ether oxygens (including phenoxy) is 2. The lowest BCUT2D eigenvalue weighted by Gasteiger charge is -2.36. The van der Waals surface area contributed by atoms with Gasteiger partial charge in [-0.15, -0.1) is 0 Å². The molecule has 1 unspecified atom stereocenters. The average molecular weight is 489 g/mol. The summed E-state index contributed by atoms with van der Waals surface area (Å²) in [4.78, 5) is 39.9. The Bertz CT molecular complexity index is 1310. The molecule has 0 fully saturated rings. The summed E-state index contributed by atoms with van der Waals surface area (Å²) in [5.74, 6) is -3.12. The second-order valence-corrected chi connectivity index (χ2v) is 8.48. The van der Waals surface area contributed by atoms with Gasteiger partial charge in [-0.3, -0.25) is 9.69 Å². The van der Waals surface area contributed by atoms with Crippen LogP contribution >= 0.6 is 0 Å². The molecule has 1 amide bonds. The minimum absolute atomic E-state index is 0.0515. The fourth-order valence-corrected chi connectivity index (χ4v) is 3.94. The number of aryl methyl sites for hydroxylation is 1. The Balaban J connectivity index is 2.34. The molecule has 2 aromatic rings. The van der Waals surface area contributed by atoms with Crippen molar-refractivity contribution in [3.8, 4) is 6.07 Å². The van der Waals surface area contributed by atoms with Crippen LogP contribution in [-0.2, 0) is 23.9 Å². The summed E-state index contributed by atoms with van der Waals surface area (Å²) < 4.78 is 10.1. The van der Waals surface area contributed by atoms with Crippen molar-refractivity contribution in [1.29, 1.82) is 5.26 Å². The van der Waals surface area contributed by atoms with Crippen LogP contribution in [0.4, 0.5) is 11.4 Å². The summed E-state index contributed by atoms with van der Waals surface area (Å²) in [6.45, 7) is 5.35. The Morgan fingerprint density at radius 2 is 1.69 bits per heavy atom. The van der Waals surface area contributed by atoms with Crippen molar-refractivity contribution in [3.05, 3.63) is 82.3 Å². The van der Waals surface area contributed by atoms with Crippen LogP contribution in [0, 0.1) is 24.2 Å². The molecule has 0 saturated carbocycles. The van der Waals surface area contributed by atoms with Gasteiger partial charge in [0.2, 0.25) is 5.91 Å². The minimum Gasteiger partial charge on any atom is -0.466 e. The van der Waals surface area contributed by atoms with E-state index in [4.69, 9.17) is 15.2 Å². The third-order valence-electron chi connectivity index (χ3n) is 5.87. The number of rotatable bonds is 6. The highest BCUT2D eigenvalue weighted by molar-refractivity contribution is 6.06. The average Bonchev–Trinajstić information content (AvgIpc) is 2.88. The predicted molar refractivity (Wildman–Crippen MR) is 134 cm³/mol. The van der Waals surface area contributed by atoms with Crippen molar-refractivity contribution in [2.24, 2.45) is 11.7 Å². The summed E-state index contributed by atoms with van der Waals surface area (Å²) in [5.41, 5.74) is 8.49. The maximum atomic E-state index is 13.2. The molecule has 1 aliphatic rings. The van der Waals surface area contributed by atoms with Gasteiger partial charge in [-0.2, -0.15) is 5.26 Å². The first-order valence-corrected chi connectivity index (χ1v) is 11.2. The van der Waals surface area contributed by atoms with E-state index in [1.807, 2.05) is 6.92 Å². The number of benzene rings is 2. The monoisotopic (exact) mass is 488 g/mol. The summed E-state index contributed by atoms with van der Waals surface area (Å²) in [6, 6.07) is 15.9. The van der Waals surface area contributed by atoms with Crippen molar-refractivity contribution in [1.82, 2.24) is 0 Å². The Kier molecular flexibility index (Phi) is 7.80. The molecule has 0 radical (unpaired) electrons. The number of amides is 1. The van der Waals surface area contributed by atoms with Crippen LogP contribution in [0.1, 0.15) is 30.9 Å². The molecule has 3 rings (SSSR count). The number of nitrogens with zero attached hydrogens (tertiary/aromatic N) is 2. The molecule has 9 heteroatoms. The zero-order valence-corrected chi connectivity index (χ0v) is 20.8. The van der Waals surface area contributed by atoms with Gasteiger partial charge in [0, 0.05) is 17.3 Å². The maximum absolute atomic E-state index is 13.2. The number of esters is 2. The van der Waals surface area contributed by atoms with Crippen LogP contribution in [0.5, 0.6) is 0 Å². The van der Waals surface area contributed by atoms with Crippen molar-refractivity contribution in [3.63, 3.8) is 0 Å². The first-order chi connectivity index (χ1) is 17.2. The molecule has 2 aromatic carbocycles. The normalized spacial score (nSPS) is 15.5. The Hall–Kier alpha value is -4.58.